The molecule has 3 rings (SSSR count). The highest BCUT2D eigenvalue weighted by Gasteiger charge is 2.33. The summed E-state index contributed by atoms with van der Waals surface area (Å²) in [6.07, 6.45) is 0.548. The van der Waals surface area contributed by atoms with E-state index in [0.29, 0.717) is 24.4 Å². The predicted octanol–water partition coefficient (Wildman–Crippen LogP) is 3.29. The summed E-state index contributed by atoms with van der Waals surface area (Å²) in [7, 11) is -0.409. The Morgan fingerprint density at radius 2 is 1.88 bits per heavy atom. The van der Waals surface area contributed by atoms with Crippen LogP contribution in [0.4, 0.5) is 5.69 Å². The number of hydrogen-bond donors (Lipinski definition) is 0. The minimum Gasteiger partial charge on any atom is -0.496 e. The van der Waals surface area contributed by atoms with Crippen LogP contribution < -0.4 is 9.04 Å². The molecule has 0 saturated heterocycles. The Morgan fingerprint density at radius 1 is 1.12 bits per heavy atom. The van der Waals surface area contributed by atoms with Crippen molar-refractivity contribution in [3.8, 4) is 5.75 Å². The van der Waals surface area contributed by atoms with Gasteiger partial charge >= 0.3 is 0 Å². The molecule has 2 aromatic rings. The second-order valence-corrected chi connectivity index (χ2v) is 7.64. The Kier molecular flexibility index (Phi) is 4.51. The summed E-state index contributed by atoms with van der Waals surface area (Å²) in [5.74, 6) is 0.674. The van der Waals surface area contributed by atoms with Crippen molar-refractivity contribution in [1.29, 1.82) is 0 Å². The number of hydrogen-bond acceptors (Lipinski definition) is 4. The number of methoxy groups -OCH3 is 2. The van der Waals surface area contributed by atoms with Gasteiger partial charge in [0.15, 0.2) is 0 Å². The van der Waals surface area contributed by atoms with Gasteiger partial charge in [-0.3, -0.25) is 4.31 Å². The van der Waals surface area contributed by atoms with Crippen LogP contribution in [-0.4, -0.2) is 29.2 Å². The lowest BCUT2D eigenvalue weighted by Gasteiger charge is -2.34. The molecule has 1 heterocycles. The summed E-state index contributed by atoms with van der Waals surface area (Å²) in [5, 5.41) is 0. The standard InChI is InChI=1S/C18H21NO4S/c1-13-12-14(8-9-17(13)22-2)24(20,21)19-11-10-18(23-3)15-6-4-5-7-16(15)19/h4-9,12,18H,10-11H2,1-3H3. The first kappa shape index (κ1) is 16.8. The van der Waals surface area contributed by atoms with E-state index in [2.05, 4.69) is 0 Å². The van der Waals surface area contributed by atoms with E-state index in [4.69, 9.17) is 9.47 Å². The first-order chi connectivity index (χ1) is 11.5. The summed E-state index contributed by atoms with van der Waals surface area (Å²) in [4.78, 5) is 0.270. The van der Waals surface area contributed by atoms with Crippen LogP contribution in [0.3, 0.4) is 0 Å². The third kappa shape index (κ3) is 2.76. The van der Waals surface area contributed by atoms with Crippen LogP contribution in [0.5, 0.6) is 5.75 Å². The molecule has 0 bridgehead atoms. The fourth-order valence-corrected chi connectivity index (χ4v) is 4.72. The second kappa shape index (κ2) is 6.45. The number of ether oxygens (including phenoxy) is 2. The molecule has 0 fully saturated rings. The number of aryl methyl sites for hydroxylation is 1. The molecule has 1 atom stereocenters. The van der Waals surface area contributed by atoms with E-state index in [1.165, 1.54) is 4.31 Å². The van der Waals surface area contributed by atoms with Crippen LogP contribution in [0.15, 0.2) is 47.4 Å². The quantitative estimate of drug-likeness (QED) is 0.852. The molecule has 5 nitrogen and oxygen atoms in total. The van der Waals surface area contributed by atoms with Gasteiger partial charge in [0.1, 0.15) is 5.75 Å². The number of nitrogens with zero attached hydrogens (tertiary/aromatic N) is 1. The van der Waals surface area contributed by atoms with Gasteiger partial charge in [0.05, 0.1) is 23.8 Å². The van der Waals surface area contributed by atoms with Crippen LogP contribution in [0.2, 0.25) is 0 Å². The fraction of sp³-hybridized carbons (Fsp3) is 0.333. The summed E-state index contributed by atoms with van der Waals surface area (Å²) in [6, 6.07) is 12.4. The van der Waals surface area contributed by atoms with Crippen molar-refractivity contribution in [2.75, 3.05) is 25.1 Å². The van der Waals surface area contributed by atoms with Crippen molar-refractivity contribution in [3.05, 3.63) is 53.6 Å². The van der Waals surface area contributed by atoms with E-state index in [-0.39, 0.29) is 11.0 Å². The van der Waals surface area contributed by atoms with Crippen molar-refractivity contribution >= 4 is 15.7 Å². The Labute approximate surface area is 142 Å². The highest BCUT2D eigenvalue weighted by atomic mass is 32.2. The molecule has 0 saturated carbocycles. The Balaban J connectivity index is 2.06. The van der Waals surface area contributed by atoms with Gasteiger partial charge in [0.25, 0.3) is 10.0 Å². The highest BCUT2D eigenvalue weighted by Crippen LogP contribution is 2.38. The molecule has 0 N–H and O–H groups in total. The van der Waals surface area contributed by atoms with Gasteiger partial charge in [-0.2, -0.15) is 0 Å². The SMILES string of the molecule is COc1ccc(S(=O)(=O)N2CCC(OC)c3ccccc32)cc1C. The third-order valence-electron chi connectivity index (χ3n) is 4.39. The number of benzene rings is 2. The first-order valence-electron chi connectivity index (χ1n) is 7.78. The molecule has 0 aromatic heterocycles. The van der Waals surface area contributed by atoms with E-state index in [0.717, 1.165) is 11.1 Å². The Morgan fingerprint density at radius 3 is 2.54 bits per heavy atom. The van der Waals surface area contributed by atoms with Crippen LogP contribution in [0.25, 0.3) is 0 Å². The van der Waals surface area contributed by atoms with Gasteiger partial charge < -0.3 is 9.47 Å². The summed E-state index contributed by atoms with van der Waals surface area (Å²) in [6.45, 7) is 2.23. The van der Waals surface area contributed by atoms with Crippen LogP contribution in [0.1, 0.15) is 23.7 Å². The molecule has 6 heteroatoms. The predicted molar refractivity (Wildman–Crippen MR) is 93.1 cm³/mol. The molecule has 0 aliphatic carbocycles. The lowest BCUT2D eigenvalue weighted by Crippen LogP contribution is -2.37. The molecular weight excluding hydrogens is 326 g/mol. The minimum atomic E-state index is -3.63. The second-order valence-electron chi connectivity index (χ2n) is 5.78. The lowest BCUT2D eigenvalue weighted by atomic mass is 10.0. The fourth-order valence-electron chi connectivity index (χ4n) is 3.13. The minimum absolute atomic E-state index is 0.0785. The molecule has 1 aliphatic rings. The summed E-state index contributed by atoms with van der Waals surface area (Å²) < 4.78 is 38.5. The zero-order valence-electron chi connectivity index (χ0n) is 14.0. The van der Waals surface area contributed by atoms with Gasteiger partial charge in [0, 0.05) is 19.2 Å². The smallest absolute Gasteiger partial charge is 0.264 e. The molecule has 1 unspecified atom stereocenters. The Hall–Kier alpha value is -2.05. The zero-order valence-corrected chi connectivity index (χ0v) is 14.8. The summed E-state index contributed by atoms with van der Waals surface area (Å²) >= 11 is 0. The molecule has 128 valence electrons. The highest BCUT2D eigenvalue weighted by molar-refractivity contribution is 7.92. The van der Waals surface area contributed by atoms with Crippen LogP contribution in [-0.2, 0) is 14.8 Å². The van der Waals surface area contributed by atoms with E-state index in [1.54, 1.807) is 32.4 Å². The number of anilines is 1. The lowest BCUT2D eigenvalue weighted by molar-refractivity contribution is 0.0951. The van der Waals surface area contributed by atoms with Crippen molar-refractivity contribution in [3.63, 3.8) is 0 Å². The maximum Gasteiger partial charge on any atom is 0.264 e. The first-order valence-corrected chi connectivity index (χ1v) is 9.22. The van der Waals surface area contributed by atoms with E-state index in [9.17, 15) is 8.42 Å². The molecule has 0 amide bonds. The zero-order chi connectivity index (χ0) is 17.3. The van der Waals surface area contributed by atoms with E-state index in [1.807, 2.05) is 31.2 Å². The molecule has 0 spiro atoms. The normalized spacial score (nSPS) is 17.5. The summed E-state index contributed by atoms with van der Waals surface area (Å²) in [5.41, 5.74) is 2.38. The number of rotatable bonds is 4. The average molecular weight is 347 g/mol. The van der Waals surface area contributed by atoms with Gasteiger partial charge in [-0.1, -0.05) is 18.2 Å². The molecule has 1 aliphatic heterocycles. The van der Waals surface area contributed by atoms with Crippen LogP contribution >= 0.6 is 0 Å². The van der Waals surface area contributed by atoms with Gasteiger partial charge in [-0.25, -0.2) is 8.42 Å². The molecule has 2 aromatic carbocycles. The molecular formula is C18H21NO4S. The van der Waals surface area contributed by atoms with Crippen molar-refractivity contribution in [2.24, 2.45) is 0 Å². The molecule has 24 heavy (non-hydrogen) atoms. The van der Waals surface area contributed by atoms with E-state index < -0.39 is 10.0 Å². The van der Waals surface area contributed by atoms with Gasteiger partial charge in [-0.05, 0) is 43.2 Å². The number of sulfonamides is 1. The van der Waals surface area contributed by atoms with Gasteiger partial charge in [-0.15, -0.1) is 0 Å². The maximum absolute atomic E-state index is 13.1. The largest absolute Gasteiger partial charge is 0.496 e. The number of para-hydroxylation sites is 1. The van der Waals surface area contributed by atoms with Crippen molar-refractivity contribution in [2.45, 2.75) is 24.3 Å². The molecule has 0 radical (unpaired) electrons. The van der Waals surface area contributed by atoms with Crippen molar-refractivity contribution < 1.29 is 17.9 Å². The van der Waals surface area contributed by atoms with Crippen LogP contribution in [0, 0.1) is 6.92 Å². The topological polar surface area (TPSA) is 55.8 Å². The maximum atomic E-state index is 13.1. The van der Waals surface area contributed by atoms with E-state index >= 15 is 0 Å². The Bertz CT molecular complexity index is 848. The monoisotopic (exact) mass is 347 g/mol. The third-order valence-corrected chi connectivity index (χ3v) is 6.19. The van der Waals surface area contributed by atoms with Gasteiger partial charge in [0.2, 0.25) is 0 Å². The van der Waals surface area contributed by atoms with Crippen molar-refractivity contribution in [1.82, 2.24) is 0 Å². The number of fused-ring (bicyclic) bond motifs is 1. The average Bonchev–Trinajstić information content (AvgIpc) is 2.60.